The molecule has 0 aliphatic carbocycles. The number of nitrogens with zero attached hydrogens (tertiary/aromatic N) is 1. The lowest BCUT2D eigenvalue weighted by Gasteiger charge is -2.07. The van der Waals surface area contributed by atoms with Crippen LogP contribution in [0.2, 0.25) is 0 Å². The molecule has 3 rings (SSSR count). The Kier molecular flexibility index (Phi) is 3.93. The van der Waals surface area contributed by atoms with E-state index in [0.29, 0.717) is 11.5 Å². The maximum atomic E-state index is 12.1. The number of nitrogens with one attached hydrogen (secondary N) is 2. The third-order valence-electron chi connectivity index (χ3n) is 3.21. The van der Waals surface area contributed by atoms with Crippen molar-refractivity contribution in [2.45, 2.75) is 6.92 Å². The van der Waals surface area contributed by atoms with Gasteiger partial charge in [-0.1, -0.05) is 6.07 Å². The van der Waals surface area contributed by atoms with E-state index in [-0.39, 0.29) is 6.03 Å². The number of anilines is 2. The molecule has 112 valence electrons. The first-order chi connectivity index (χ1) is 10.7. The minimum atomic E-state index is -0.321. The van der Waals surface area contributed by atoms with Crippen molar-refractivity contribution < 1.29 is 9.53 Å². The molecule has 0 radical (unpaired) electrons. The van der Waals surface area contributed by atoms with Gasteiger partial charge in [0.1, 0.15) is 5.75 Å². The van der Waals surface area contributed by atoms with Crippen LogP contribution in [0, 0.1) is 6.92 Å². The number of rotatable bonds is 3. The highest BCUT2D eigenvalue weighted by Crippen LogP contribution is 2.27. The third-order valence-corrected chi connectivity index (χ3v) is 4.02. The number of carbonyl (C=O) groups is 1. The molecule has 0 aliphatic heterocycles. The largest absolute Gasteiger partial charge is 0.497 e. The molecule has 2 aromatic carbocycles. The second kappa shape index (κ2) is 6.03. The Morgan fingerprint density at radius 1 is 1.14 bits per heavy atom. The number of aromatic nitrogens is 1. The highest BCUT2D eigenvalue weighted by molar-refractivity contribution is 7.13. The Bertz CT molecular complexity index is 812. The summed E-state index contributed by atoms with van der Waals surface area (Å²) in [4.78, 5) is 12.1. The van der Waals surface area contributed by atoms with Gasteiger partial charge in [-0.2, -0.15) is 4.37 Å². The van der Waals surface area contributed by atoms with Crippen molar-refractivity contribution in [2.24, 2.45) is 0 Å². The molecule has 0 saturated heterocycles. The summed E-state index contributed by atoms with van der Waals surface area (Å²) in [6.07, 6.45) is 0. The van der Waals surface area contributed by atoms with Crippen LogP contribution in [0.25, 0.3) is 10.1 Å². The number of aryl methyl sites for hydroxylation is 1. The predicted molar refractivity (Wildman–Crippen MR) is 90.0 cm³/mol. The average Bonchev–Trinajstić information content (AvgIpc) is 2.90. The van der Waals surface area contributed by atoms with Gasteiger partial charge >= 0.3 is 6.03 Å². The van der Waals surface area contributed by atoms with Gasteiger partial charge in [0.25, 0.3) is 0 Å². The number of methoxy groups -OCH3 is 1. The molecule has 0 saturated carbocycles. The molecular weight excluding hydrogens is 298 g/mol. The van der Waals surface area contributed by atoms with Crippen molar-refractivity contribution in [3.05, 3.63) is 48.0 Å². The zero-order valence-electron chi connectivity index (χ0n) is 12.2. The summed E-state index contributed by atoms with van der Waals surface area (Å²) in [6, 6.07) is 12.8. The summed E-state index contributed by atoms with van der Waals surface area (Å²) in [5.74, 6) is 1.32. The quantitative estimate of drug-likeness (QED) is 0.759. The van der Waals surface area contributed by atoms with E-state index in [4.69, 9.17) is 4.74 Å². The first-order valence-electron chi connectivity index (χ1n) is 6.74. The fourth-order valence-corrected chi connectivity index (χ4v) is 2.91. The maximum Gasteiger partial charge on any atom is 0.324 e. The lowest BCUT2D eigenvalue weighted by atomic mass is 10.2. The van der Waals surface area contributed by atoms with E-state index in [2.05, 4.69) is 21.1 Å². The second-order valence-electron chi connectivity index (χ2n) is 4.84. The molecule has 1 heterocycles. The molecule has 22 heavy (non-hydrogen) atoms. The Labute approximate surface area is 132 Å². The van der Waals surface area contributed by atoms with Gasteiger partial charge in [0, 0.05) is 11.1 Å². The lowest BCUT2D eigenvalue weighted by Crippen LogP contribution is -2.19. The van der Waals surface area contributed by atoms with Gasteiger partial charge < -0.3 is 10.1 Å². The van der Waals surface area contributed by atoms with Crippen LogP contribution in [0.4, 0.5) is 16.3 Å². The fourth-order valence-electron chi connectivity index (χ4n) is 2.08. The van der Waals surface area contributed by atoms with Crippen molar-refractivity contribution in [3.63, 3.8) is 0 Å². The molecule has 3 aromatic rings. The molecule has 0 atom stereocenters. The van der Waals surface area contributed by atoms with E-state index in [1.807, 2.05) is 19.1 Å². The van der Waals surface area contributed by atoms with Crippen molar-refractivity contribution in [1.29, 1.82) is 0 Å². The lowest BCUT2D eigenvalue weighted by molar-refractivity contribution is 0.262. The number of ether oxygens (including phenoxy) is 1. The zero-order chi connectivity index (χ0) is 15.5. The predicted octanol–water partition coefficient (Wildman–Crippen LogP) is 4.26. The van der Waals surface area contributed by atoms with Crippen LogP contribution in [0.3, 0.4) is 0 Å². The number of hydrogen-bond donors (Lipinski definition) is 2. The monoisotopic (exact) mass is 313 g/mol. The standard InChI is InChI=1S/C16H15N3O2S/c1-10-3-8-13-14(9-10)22-19-15(13)18-16(20)17-11-4-6-12(21-2)7-5-11/h3-9H,1-2H3,(H2,17,18,19,20). The number of urea groups is 1. The molecule has 2 amide bonds. The van der Waals surface area contributed by atoms with Gasteiger partial charge in [-0.15, -0.1) is 0 Å². The van der Waals surface area contributed by atoms with Gasteiger partial charge in [-0.05, 0) is 60.4 Å². The van der Waals surface area contributed by atoms with Crippen LogP contribution in [-0.2, 0) is 0 Å². The number of fused-ring (bicyclic) bond motifs is 1. The highest BCUT2D eigenvalue weighted by Gasteiger charge is 2.10. The minimum Gasteiger partial charge on any atom is -0.497 e. The first-order valence-corrected chi connectivity index (χ1v) is 7.51. The van der Waals surface area contributed by atoms with Crippen LogP contribution in [-0.4, -0.2) is 17.5 Å². The maximum absolute atomic E-state index is 12.1. The van der Waals surface area contributed by atoms with Crippen molar-refractivity contribution in [1.82, 2.24) is 4.37 Å². The van der Waals surface area contributed by atoms with E-state index in [1.165, 1.54) is 17.1 Å². The van der Waals surface area contributed by atoms with Crippen LogP contribution in [0.5, 0.6) is 5.75 Å². The van der Waals surface area contributed by atoms with E-state index in [1.54, 1.807) is 31.4 Å². The summed E-state index contributed by atoms with van der Waals surface area (Å²) in [6.45, 7) is 2.03. The zero-order valence-corrected chi connectivity index (χ0v) is 13.0. The molecule has 5 nitrogen and oxygen atoms in total. The molecule has 0 unspecified atom stereocenters. The topological polar surface area (TPSA) is 63.2 Å². The molecule has 2 N–H and O–H groups in total. The Morgan fingerprint density at radius 3 is 2.64 bits per heavy atom. The Hall–Kier alpha value is -2.60. The van der Waals surface area contributed by atoms with Gasteiger partial charge in [0.2, 0.25) is 0 Å². The molecule has 0 bridgehead atoms. The summed E-state index contributed by atoms with van der Waals surface area (Å²) in [5.41, 5.74) is 1.86. The molecule has 0 aliphatic rings. The number of carbonyl (C=O) groups excluding carboxylic acids is 1. The van der Waals surface area contributed by atoms with Crippen LogP contribution in [0.15, 0.2) is 42.5 Å². The summed E-state index contributed by atoms with van der Waals surface area (Å²) in [5, 5.41) is 6.49. The van der Waals surface area contributed by atoms with Crippen molar-refractivity contribution in [2.75, 3.05) is 17.7 Å². The normalized spacial score (nSPS) is 10.5. The van der Waals surface area contributed by atoms with E-state index in [0.717, 1.165) is 15.8 Å². The van der Waals surface area contributed by atoms with Gasteiger partial charge in [-0.25, -0.2) is 4.79 Å². The van der Waals surface area contributed by atoms with Crippen molar-refractivity contribution >= 4 is 39.2 Å². The van der Waals surface area contributed by atoms with Crippen molar-refractivity contribution in [3.8, 4) is 5.75 Å². The van der Waals surface area contributed by atoms with Crippen LogP contribution < -0.4 is 15.4 Å². The van der Waals surface area contributed by atoms with Gasteiger partial charge in [0.05, 0.1) is 11.8 Å². The SMILES string of the molecule is COc1ccc(NC(=O)Nc2nsc3cc(C)ccc23)cc1. The molecule has 6 heteroatoms. The smallest absolute Gasteiger partial charge is 0.324 e. The Morgan fingerprint density at radius 2 is 1.91 bits per heavy atom. The molecule has 0 spiro atoms. The number of hydrogen-bond acceptors (Lipinski definition) is 4. The molecule has 0 fully saturated rings. The molecular formula is C16H15N3O2S. The first kappa shape index (κ1) is 14.3. The Balaban J connectivity index is 1.72. The summed E-state index contributed by atoms with van der Waals surface area (Å²) >= 11 is 1.37. The van der Waals surface area contributed by atoms with Gasteiger partial charge in [-0.3, -0.25) is 5.32 Å². The highest BCUT2D eigenvalue weighted by atomic mass is 32.1. The summed E-state index contributed by atoms with van der Waals surface area (Å²) in [7, 11) is 1.60. The average molecular weight is 313 g/mol. The van der Waals surface area contributed by atoms with E-state index in [9.17, 15) is 4.79 Å². The number of benzene rings is 2. The van der Waals surface area contributed by atoms with Crippen LogP contribution >= 0.6 is 11.5 Å². The summed E-state index contributed by atoms with van der Waals surface area (Å²) < 4.78 is 10.4. The minimum absolute atomic E-state index is 0.321. The van der Waals surface area contributed by atoms with Gasteiger partial charge in [0.15, 0.2) is 5.82 Å². The van der Waals surface area contributed by atoms with E-state index < -0.39 is 0 Å². The van der Waals surface area contributed by atoms with E-state index >= 15 is 0 Å². The fraction of sp³-hybridized carbons (Fsp3) is 0.125. The number of amides is 2. The third kappa shape index (κ3) is 3.01. The second-order valence-corrected chi connectivity index (χ2v) is 5.64. The van der Waals surface area contributed by atoms with Crippen LogP contribution in [0.1, 0.15) is 5.56 Å². The molecule has 1 aromatic heterocycles.